The fourth-order valence-corrected chi connectivity index (χ4v) is 3.29. The van der Waals surface area contributed by atoms with Crippen LogP contribution in [-0.4, -0.2) is 69.1 Å². The first-order chi connectivity index (χ1) is 14.9. The topological polar surface area (TPSA) is 91.0 Å². The van der Waals surface area contributed by atoms with Gasteiger partial charge in [-0.2, -0.15) is 0 Å². The van der Waals surface area contributed by atoms with Crippen molar-refractivity contribution in [3.05, 3.63) is 59.7 Å². The van der Waals surface area contributed by atoms with E-state index in [-0.39, 0.29) is 30.8 Å². The van der Waals surface area contributed by atoms with Crippen LogP contribution in [0.2, 0.25) is 0 Å². The smallest absolute Gasteiger partial charge is 0.251 e. The van der Waals surface area contributed by atoms with Gasteiger partial charge in [0.2, 0.25) is 11.8 Å². The maximum Gasteiger partial charge on any atom is 0.251 e. The molecule has 8 nitrogen and oxygen atoms in total. The minimum Gasteiger partial charge on any atom is -0.378 e. The molecule has 31 heavy (non-hydrogen) atoms. The minimum absolute atomic E-state index is 0.107. The fourth-order valence-electron chi connectivity index (χ4n) is 3.29. The van der Waals surface area contributed by atoms with E-state index in [1.165, 1.54) is 11.9 Å². The van der Waals surface area contributed by atoms with Crippen LogP contribution in [0.5, 0.6) is 0 Å². The molecule has 3 rings (SSSR count). The Morgan fingerprint density at radius 2 is 1.71 bits per heavy atom. The van der Waals surface area contributed by atoms with Gasteiger partial charge in [0.25, 0.3) is 5.91 Å². The predicted octanol–water partition coefficient (Wildman–Crippen LogP) is 1.66. The number of carbonyl (C=O) groups is 3. The van der Waals surface area contributed by atoms with Gasteiger partial charge < -0.3 is 25.2 Å². The molecule has 0 saturated carbocycles. The van der Waals surface area contributed by atoms with Crippen molar-refractivity contribution >= 4 is 29.1 Å². The lowest BCUT2D eigenvalue weighted by molar-refractivity contribution is -0.132. The van der Waals surface area contributed by atoms with E-state index in [0.29, 0.717) is 24.5 Å². The third kappa shape index (κ3) is 6.29. The van der Waals surface area contributed by atoms with Crippen molar-refractivity contribution < 1.29 is 19.1 Å². The van der Waals surface area contributed by atoms with Crippen LogP contribution in [0.15, 0.2) is 48.5 Å². The van der Waals surface area contributed by atoms with Gasteiger partial charge in [0.15, 0.2) is 0 Å². The van der Waals surface area contributed by atoms with Gasteiger partial charge in [-0.15, -0.1) is 0 Å². The largest absolute Gasteiger partial charge is 0.378 e. The number of hydrogen-bond donors (Lipinski definition) is 2. The zero-order chi connectivity index (χ0) is 22.2. The van der Waals surface area contributed by atoms with E-state index in [1.54, 1.807) is 12.1 Å². The highest BCUT2D eigenvalue weighted by molar-refractivity contribution is 5.98. The van der Waals surface area contributed by atoms with Crippen molar-refractivity contribution in [3.8, 4) is 0 Å². The molecule has 3 amide bonds. The van der Waals surface area contributed by atoms with Gasteiger partial charge in [-0.25, -0.2) is 0 Å². The van der Waals surface area contributed by atoms with Crippen molar-refractivity contribution in [2.75, 3.05) is 56.7 Å². The highest BCUT2D eigenvalue weighted by Gasteiger charge is 2.16. The molecule has 1 heterocycles. The average Bonchev–Trinajstić information content (AvgIpc) is 2.78. The van der Waals surface area contributed by atoms with E-state index in [0.717, 1.165) is 24.3 Å². The van der Waals surface area contributed by atoms with Crippen LogP contribution in [0.1, 0.15) is 15.9 Å². The van der Waals surface area contributed by atoms with Crippen molar-refractivity contribution in [2.24, 2.45) is 0 Å². The SMILES string of the molecule is Cc1ccccc1C(=O)NCC(=O)N(C)CC(=O)Nc1ccc(N2CCOCC2)cc1. The fraction of sp³-hybridized carbons (Fsp3) is 0.348. The first-order valence-electron chi connectivity index (χ1n) is 10.2. The second-order valence-electron chi connectivity index (χ2n) is 7.44. The molecule has 1 aliphatic rings. The maximum absolute atomic E-state index is 12.3. The van der Waals surface area contributed by atoms with E-state index in [4.69, 9.17) is 4.74 Å². The van der Waals surface area contributed by atoms with Gasteiger partial charge in [0, 0.05) is 37.1 Å². The summed E-state index contributed by atoms with van der Waals surface area (Å²) < 4.78 is 5.36. The van der Waals surface area contributed by atoms with Crippen molar-refractivity contribution in [2.45, 2.75) is 6.92 Å². The van der Waals surface area contributed by atoms with Crippen LogP contribution in [0.25, 0.3) is 0 Å². The van der Waals surface area contributed by atoms with E-state index < -0.39 is 0 Å². The second-order valence-corrected chi connectivity index (χ2v) is 7.44. The van der Waals surface area contributed by atoms with Crippen molar-refractivity contribution in [3.63, 3.8) is 0 Å². The number of likely N-dealkylation sites (N-methyl/N-ethyl adjacent to an activating group) is 1. The number of ether oxygens (including phenoxy) is 1. The maximum atomic E-state index is 12.3. The molecule has 0 aliphatic carbocycles. The number of morpholine rings is 1. The van der Waals surface area contributed by atoms with Gasteiger partial charge in [0.05, 0.1) is 26.3 Å². The quantitative estimate of drug-likeness (QED) is 0.706. The number of carbonyl (C=O) groups excluding carboxylic acids is 3. The molecular weight excluding hydrogens is 396 g/mol. The average molecular weight is 425 g/mol. The summed E-state index contributed by atoms with van der Waals surface area (Å²) in [7, 11) is 1.53. The van der Waals surface area contributed by atoms with Gasteiger partial charge in [-0.3, -0.25) is 14.4 Å². The molecule has 1 fully saturated rings. The Morgan fingerprint density at radius 1 is 1.03 bits per heavy atom. The number of anilines is 2. The molecular formula is C23H28N4O4. The number of amides is 3. The Morgan fingerprint density at radius 3 is 2.39 bits per heavy atom. The molecule has 0 unspecified atom stereocenters. The first-order valence-corrected chi connectivity index (χ1v) is 10.2. The van der Waals surface area contributed by atoms with Crippen molar-refractivity contribution in [1.82, 2.24) is 10.2 Å². The summed E-state index contributed by atoms with van der Waals surface area (Å²) in [6.45, 7) is 4.67. The van der Waals surface area contributed by atoms with E-state index in [9.17, 15) is 14.4 Å². The van der Waals surface area contributed by atoms with Gasteiger partial charge >= 0.3 is 0 Å². The Labute approximate surface area is 182 Å². The summed E-state index contributed by atoms with van der Waals surface area (Å²) in [6.07, 6.45) is 0. The molecule has 0 spiro atoms. The molecule has 8 heteroatoms. The minimum atomic E-state index is -0.347. The number of nitrogens with zero attached hydrogens (tertiary/aromatic N) is 2. The molecule has 164 valence electrons. The lowest BCUT2D eigenvalue weighted by Gasteiger charge is -2.28. The van der Waals surface area contributed by atoms with E-state index in [2.05, 4.69) is 15.5 Å². The predicted molar refractivity (Wildman–Crippen MR) is 119 cm³/mol. The molecule has 0 atom stereocenters. The van der Waals surface area contributed by atoms with Crippen LogP contribution in [0.3, 0.4) is 0 Å². The number of aryl methyl sites for hydroxylation is 1. The number of nitrogens with one attached hydrogen (secondary N) is 2. The molecule has 0 radical (unpaired) electrons. The molecule has 0 aromatic heterocycles. The third-order valence-corrected chi connectivity index (χ3v) is 5.12. The molecule has 2 aromatic rings. The van der Waals surface area contributed by atoms with Crippen LogP contribution in [0, 0.1) is 6.92 Å². The number of rotatable bonds is 7. The second kappa shape index (κ2) is 10.6. The Hall–Kier alpha value is -3.39. The van der Waals surface area contributed by atoms with Crippen LogP contribution in [-0.2, 0) is 14.3 Å². The van der Waals surface area contributed by atoms with E-state index in [1.807, 2.05) is 43.3 Å². The first kappa shape index (κ1) is 22.3. The molecule has 2 N–H and O–H groups in total. The summed E-state index contributed by atoms with van der Waals surface area (Å²) in [6, 6.07) is 14.7. The Balaban J connectivity index is 1.44. The zero-order valence-electron chi connectivity index (χ0n) is 17.9. The Bertz CT molecular complexity index is 923. The standard InChI is InChI=1S/C23H28N4O4/c1-17-5-3-4-6-20(17)23(30)24-15-22(29)26(2)16-21(28)25-18-7-9-19(10-8-18)27-11-13-31-14-12-27/h3-10H,11-16H2,1-2H3,(H,24,30)(H,25,28). The van der Waals surface area contributed by atoms with Crippen LogP contribution < -0.4 is 15.5 Å². The summed E-state index contributed by atoms with van der Waals surface area (Å²) in [4.78, 5) is 40.3. The zero-order valence-corrected chi connectivity index (χ0v) is 17.9. The number of hydrogen-bond acceptors (Lipinski definition) is 5. The molecule has 2 aromatic carbocycles. The highest BCUT2D eigenvalue weighted by Crippen LogP contribution is 2.19. The van der Waals surface area contributed by atoms with Crippen molar-refractivity contribution in [1.29, 1.82) is 0 Å². The summed E-state index contributed by atoms with van der Waals surface area (Å²) in [5.74, 6) is -0.968. The Kier molecular flexibility index (Phi) is 7.61. The monoisotopic (exact) mass is 424 g/mol. The van der Waals surface area contributed by atoms with Crippen LogP contribution in [0.4, 0.5) is 11.4 Å². The third-order valence-electron chi connectivity index (χ3n) is 5.12. The summed E-state index contributed by atoms with van der Waals surface area (Å²) in [5.41, 5.74) is 3.10. The van der Waals surface area contributed by atoms with E-state index >= 15 is 0 Å². The summed E-state index contributed by atoms with van der Waals surface area (Å²) >= 11 is 0. The molecule has 0 bridgehead atoms. The normalized spacial score (nSPS) is 13.4. The lowest BCUT2D eigenvalue weighted by atomic mass is 10.1. The number of benzene rings is 2. The lowest BCUT2D eigenvalue weighted by Crippen LogP contribution is -2.41. The molecule has 1 saturated heterocycles. The molecule has 1 aliphatic heterocycles. The summed E-state index contributed by atoms with van der Waals surface area (Å²) in [5, 5.41) is 5.40. The van der Waals surface area contributed by atoms with Gasteiger partial charge in [-0.05, 0) is 42.8 Å². The van der Waals surface area contributed by atoms with Gasteiger partial charge in [0.1, 0.15) is 0 Å². The van der Waals surface area contributed by atoms with Crippen LogP contribution >= 0.6 is 0 Å². The van der Waals surface area contributed by atoms with Gasteiger partial charge in [-0.1, -0.05) is 18.2 Å². The highest BCUT2D eigenvalue weighted by atomic mass is 16.5.